The summed E-state index contributed by atoms with van der Waals surface area (Å²) < 4.78 is 0. The van der Waals surface area contributed by atoms with Crippen molar-refractivity contribution in [3.63, 3.8) is 0 Å². The van der Waals surface area contributed by atoms with Gasteiger partial charge in [0.05, 0.1) is 0 Å². The molecular weight excluding hydrogens is 210 g/mol. The van der Waals surface area contributed by atoms with E-state index >= 15 is 0 Å². The molecule has 2 aliphatic rings. The molecule has 0 aliphatic heterocycles. The van der Waals surface area contributed by atoms with Crippen molar-refractivity contribution in [3.05, 3.63) is 0 Å². The lowest BCUT2D eigenvalue weighted by atomic mass is 9.83. The van der Waals surface area contributed by atoms with Crippen LogP contribution in [0.5, 0.6) is 0 Å². The molecule has 0 saturated heterocycles. The molecule has 0 aromatic carbocycles. The molecule has 2 atom stereocenters. The van der Waals surface area contributed by atoms with Crippen LogP contribution in [0, 0.1) is 11.3 Å². The van der Waals surface area contributed by atoms with E-state index in [-0.39, 0.29) is 5.92 Å². The Kier molecular flexibility index (Phi) is 4.11. The SMILES string of the molecule is CCCC(CC)C(=O)N[C@@H]1CCCC2(CC2)C1. The molecule has 1 amide bonds. The third-order valence-electron chi connectivity index (χ3n) is 4.74. The second-order valence-electron chi connectivity index (χ2n) is 6.20. The number of nitrogens with one attached hydrogen (secondary N) is 1. The van der Waals surface area contributed by atoms with Crippen molar-refractivity contribution in [2.45, 2.75) is 77.7 Å². The Bertz CT molecular complexity index is 270. The number of carbonyl (C=O) groups excluding carboxylic acids is 1. The van der Waals surface area contributed by atoms with Crippen LogP contribution in [-0.2, 0) is 4.79 Å². The molecule has 0 aromatic rings. The third-order valence-corrected chi connectivity index (χ3v) is 4.74. The summed E-state index contributed by atoms with van der Waals surface area (Å²) in [5.41, 5.74) is 0.655. The van der Waals surface area contributed by atoms with Crippen LogP contribution in [0.25, 0.3) is 0 Å². The average molecular weight is 237 g/mol. The highest BCUT2D eigenvalue weighted by atomic mass is 16.1. The topological polar surface area (TPSA) is 29.1 Å². The summed E-state index contributed by atoms with van der Waals surface area (Å²) in [5.74, 6) is 0.564. The molecule has 2 rings (SSSR count). The maximum Gasteiger partial charge on any atom is 0.223 e. The van der Waals surface area contributed by atoms with Crippen molar-refractivity contribution < 1.29 is 4.79 Å². The van der Waals surface area contributed by atoms with Gasteiger partial charge in [-0.3, -0.25) is 4.79 Å². The lowest BCUT2D eigenvalue weighted by Crippen LogP contribution is -2.41. The molecule has 1 N–H and O–H groups in total. The molecule has 2 heteroatoms. The van der Waals surface area contributed by atoms with Gasteiger partial charge in [-0.2, -0.15) is 0 Å². The maximum absolute atomic E-state index is 12.2. The lowest BCUT2D eigenvalue weighted by Gasteiger charge is -2.30. The number of hydrogen-bond donors (Lipinski definition) is 1. The molecule has 2 nitrogen and oxygen atoms in total. The Morgan fingerprint density at radius 3 is 2.71 bits per heavy atom. The van der Waals surface area contributed by atoms with Gasteiger partial charge in [-0.15, -0.1) is 0 Å². The quantitative estimate of drug-likeness (QED) is 0.777. The van der Waals surface area contributed by atoms with Crippen molar-refractivity contribution in [3.8, 4) is 0 Å². The van der Waals surface area contributed by atoms with E-state index in [9.17, 15) is 4.79 Å². The zero-order valence-corrected chi connectivity index (χ0v) is 11.4. The van der Waals surface area contributed by atoms with Crippen LogP contribution in [-0.4, -0.2) is 11.9 Å². The third kappa shape index (κ3) is 3.23. The predicted molar refractivity (Wildman–Crippen MR) is 70.8 cm³/mol. The van der Waals surface area contributed by atoms with E-state index in [0.717, 1.165) is 19.3 Å². The van der Waals surface area contributed by atoms with Crippen LogP contribution >= 0.6 is 0 Å². The first-order chi connectivity index (χ1) is 8.19. The zero-order chi connectivity index (χ0) is 12.3. The smallest absolute Gasteiger partial charge is 0.223 e. The van der Waals surface area contributed by atoms with Gasteiger partial charge >= 0.3 is 0 Å². The van der Waals surface area contributed by atoms with Crippen molar-refractivity contribution >= 4 is 5.91 Å². The van der Waals surface area contributed by atoms with Crippen LogP contribution in [0.4, 0.5) is 0 Å². The molecule has 2 saturated carbocycles. The van der Waals surface area contributed by atoms with Crippen molar-refractivity contribution in [1.82, 2.24) is 5.32 Å². The van der Waals surface area contributed by atoms with Crippen LogP contribution in [0.15, 0.2) is 0 Å². The van der Waals surface area contributed by atoms with Crippen molar-refractivity contribution in [2.24, 2.45) is 11.3 Å². The summed E-state index contributed by atoms with van der Waals surface area (Å²) >= 11 is 0. The molecular formula is C15H27NO. The number of hydrogen-bond acceptors (Lipinski definition) is 1. The molecule has 1 unspecified atom stereocenters. The fourth-order valence-electron chi connectivity index (χ4n) is 3.39. The van der Waals surface area contributed by atoms with Crippen LogP contribution in [0.2, 0.25) is 0 Å². The zero-order valence-electron chi connectivity index (χ0n) is 11.4. The summed E-state index contributed by atoms with van der Waals surface area (Å²) in [6.07, 6.45) is 11.1. The Hall–Kier alpha value is -0.530. The van der Waals surface area contributed by atoms with Gasteiger partial charge in [-0.1, -0.05) is 26.7 Å². The number of rotatable bonds is 5. The lowest BCUT2D eigenvalue weighted by molar-refractivity contribution is -0.126. The summed E-state index contributed by atoms with van der Waals surface area (Å²) in [7, 11) is 0. The van der Waals surface area contributed by atoms with Gasteiger partial charge in [0.25, 0.3) is 0 Å². The first-order valence-corrected chi connectivity index (χ1v) is 7.49. The minimum Gasteiger partial charge on any atom is -0.353 e. The van der Waals surface area contributed by atoms with E-state index in [1.807, 2.05) is 0 Å². The highest BCUT2D eigenvalue weighted by Gasteiger charge is 2.46. The second kappa shape index (κ2) is 5.41. The molecule has 1 spiro atoms. The van der Waals surface area contributed by atoms with Gasteiger partial charge in [-0.25, -0.2) is 0 Å². The Morgan fingerprint density at radius 2 is 2.12 bits per heavy atom. The summed E-state index contributed by atoms with van der Waals surface area (Å²) in [4.78, 5) is 12.2. The Balaban J connectivity index is 1.80. The molecule has 2 aliphatic carbocycles. The minimum absolute atomic E-state index is 0.247. The van der Waals surface area contributed by atoms with E-state index in [4.69, 9.17) is 0 Å². The van der Waals surface area contributed by atoms with Crippen molar-refractivity contribution in [1.29, 1.82) is 0 Å². The first-order valence-electron chi connectivity index (χ1n) is 7.49. The molecule has 0 heterocycles. The molecule has 2 fully saturated rings. The van der Waals surface area contributed by atoms with Crippen molar-refractivity contribution in [2.75, 3.05) is 0 Å². The largest absolute Gasteiger partial charge is 0.353 e. The highest BCUT2D eigenvalue weighted by Crippen LogP contribution is 2.56. The van der Waals surface area contributed by atoms with E-state index in [2.05, 4.69) is 19.2 Å². The highest BCUT2D eigenvalue weighted by molar-refractivity contribution is 5.78. The number of amides is 1. The van der Waals surface area contributed by atoms with Gasteiger partial charge < -0.3 is 5.32 Å². The van der Waals surface area contributed by atoms with Gasteiger partial charge in [0, 0.05) is 12.0 Å². The average Bonchev–Trinajstić information content (AvgIpc) is 3.05. The predicted octanol–water partition coefficient (Wildman–Crippen LogP) is 3.65. The van der Waals surface area contributed by atoms with Gasteiger partial charge in [0.15, 0.2) is 0 Å². The van der Waals surface area contributed by atoms with E-state index in [0.29, 0.717) is 17.4 Å². The molecule has 0 bridgehead atoms. The standard InChI is InChI=1S/C15H27NO/c1-3-6-12(4-2)14(17)16-13-7-5-8-15(11-13)9-10-15/h12-13H,3-11H2,1-2H3,(H,16,17)/t12?,13-/m1/s1. The summed E-state index contributed by atoms with van der Waals surface area (Å²) in [5, 5.41) is 3.31. The fraction of sp³-hybridized carbons (Fsp3) is 0.933. The Morgan fingerprint density at radius 1 is 1.35 bits per heavy atom. The normalized spacial score (nSPS) is 27.8. The number of carbonyl (C=O) groups is 1. The molecule has 17 heavy (non-hydrogen) atoms. The van der Waals surface area contributed by atoms with Gasteiger partial charge in [-0.05, 0) is 50.4 Å². The Labute approximate surface area is 106 Å². The molecule has 98 valence electrons. The second-order valence-corrected chi connectivity index (χ2v) is 6.20. The monoisotopic (exact) mass is 237 g/mol. The minimum atomic E-state index is 0.247. The van der Waals surface area contributed by atoms with Gasteiger partial charge in [0.2, 0.25) is 5.91 Å². The van der Waals surface area contributed by atoms with E-state index in [1.54, 1.807) is 0 Å². The van der Waals surface area contributed by atoms with Crippen LogP contribution in [0.1, 0.15) is 71.6 Å². The first kappa shape index (κ1) is 12.9. The van der Waals surface area contributed by atoms with Gasteiger partial charge in [0.1, 0.15) is 0 Å². The molecule has 0 radical (unpaired) electrons. The summed E-state index contributed by atoms with van der Waals surface area (Å²) in [6, 6.07) is 0.477. The molecule has 0 aromatic heterocycles. The fourth-order valence-corrected chi connectivity index (χ4v) is 3.39. The van der Waals surface area contributed by atoms with Crippen LogP contribution < -0.4 is 5.32 Å². The van der Waals surface area contributed by atoms with E-state index in [1.165, 1.54) is 38.5 Å². The summed E-state index contributed by atoms with van der Waals surface area (Å²) in [6.45, 7) is 4.29. The van der Waals surface area contributed by atoms with E-state index < -0.39 is 0 Å². The van der Waals surface area contributed by atoms with Crippen LogP contribution in [0.3, 0.4) is 0 Å². The maximum atomic E-state index is 12.2.